The fourth-order valence-electron chi connectivity index (χ4n) is 0.982. The Morgan fingerprint density at radius 1 is 1.60 bits per heavy atom. The van der Waals surface area contributed by atoms with Crippen LogP contribution in [0.5, 0.6) is 0 Å². The summed E-state index contributed by atoms with van der Waals surface area (Å²) in [6.45, 7) is 1.93. The van der Waals surface area contributed by atoms with Crippen molar-refractivity contribution in [1.82, 2.24) is 0 Å². The van der Waals surface area contributed by atoms with Gasteiger partial charge in [0, 0.05) is 5.56 Å². The number of amidine groups is 1. The molecule has 0 fully saturated rings. The maximum absolute atomic E-state index is 10.7. The molecule has 4 nitrogen and oxygen atoms in total. The molecule has 15 heavy (non-hydrogen) atoms. The van der Waals surface area contributed by atoms with Crippen molar-refractivity contribution in [3.63, 3.8) is 0 Å². The summed E-state index contributed by atoms with van der Waals surface area (Å²) in [5.41, 5.74) is 7.35. The lowest BCUT2D eigenvalue weighted by molar-refractivity contribution is -0.140. The summed E-state index contributed by atoms with van der Waals surface area (Å²) >= 11 is 5.22. The zero-order chi connectivity index (χ0) is 11.3. The van der Waals surface area contributed by atoms with Crippen LogP contribution in [0.2, 0.25) is 0 Å². The van der Waals surface area contributed by atoms with E-state index in [9.17, 15) is 4.79 Å². The Hall–Kier alpha value is -1.55. The summed E-state index contributed by atoms with van der Waals surface area (Å²) in [5.74, 6) is -0.727. The van der Waals surface area contributed by atoms with Crippen LogP contribution in [0.4, 0.5) is 0 Å². The number of nitrogens with zero attached hydrogens (tertiary/aromatic N) is 1. The molecule has 0 aliphatic rings. The fraction of sp³-hybridized carbons (Fsp3) is 0.200. The van der Waals surface area contributed by atoms with Crippen LogP contribution in [-0.2, 0) is 9.63 Å². The van der Waals surface area contributed by atoms with Gasteiger partial charge >= 0.3 is 5.97 Å². The molecule has 0 aliphatic carbocycles. The van der Waals surface area contributed by atoms with E-state index in [0.29, 0.717) is 5.56 Å². The molecule has 0 atom stereocenters. The number of aryl methyl sites for hydroxylation is 1. The van der Waals surface area contributed by atoms with Gasteiger partial charge in [0.25, 0.3) is 0 Å². The van der Waals surface area contributed by atoms with E-state index < -0.39 is 5.97 Å². The zero-order valence-corrected chi connectivity index (χ0v) is 8.99. The van der Waals surface area contributed by atoms with Gasteiger partial charge in [0.15, 0.2) is 5.84 Å². The lowest BCUT2D eigenvalue weighted by Crippen LogP contribution is -2.15. The second kappa shape index (κ2) is 5.36. The second-order valence-electron chi connectivity index (χ2n) is 2.94. The average molecular weight is 227 g/mol. The highest BCUT2D eigenvalue weighted by Gasteiger charge is 2.02. The number of alkyl halides is 1. The van der Waals surface area contributed by atoms with Crippen molar-refractivity contribution in [3.05, 3.63) is 35.4 Å². The molecule has 0 spiro atoms. The number of carbonyl (C=O) groups is 1. The van der Waals surface area contributed by atoms with Gasteiger partial charge in [-0.05, 0) is 13.0 Å². The Labute approximate surface area is 92.7 Å². The number of oxime groups is 1. The molecule has 1 rings (SSSR count). The van der Waals surface area contributed by atoms with Gasteiger partial charge in [0.1, 0.15) is 5.88 Å². The minimum absolute atomic E-state index is 0.150. The first-order valence-corrected chi connectivity index (χ1v) is 4.83. The topological polar surface area (TPSA) is 64.7 Å². The monoisotopic (exact) mass is 226 g/mol. The first-order chi connectivity index (χ1) is 7.13. The van der Waals surface area contributed by atoms with Crippen LogP contribution >= 0.6 is 11.6 Å². The maximum atomic E-state index is 10.7. The molecule has 0 unspecified atom stereocenters. The summed E-state index contributed by atoms with van der Waals surface area (Å²) < 4.78 is 0. The molecule has 0 saturated carbocycles. The summed E-state index contributed by atoms with van der Waals surface area (Å²) in [7, 11) is 0. The largest absolute Gasteiger partial charge is 0.380 e. The normalized spacial score (nSPS) is 11.2. The smallest absolute Gasteiger partial charge is 0.349 e. The van der Waals surface area contributed by atoms with E-state index >= 15 is 0 Å². The van der Waals surface area contributed by atoms with Gasteiger partial charge in [-0.1, -0.05) is 28.9 Å². The van der Waals surface area contributed by atoms with Crippen LogP contribution in [0, 0.1) is 6.92 Å². The number of hydrogen-bond acceptors (Lipinski definition) is 3. The Morgan fingerprint density at radius 3 is 2.93 bits per heavy atom. The van der Waals surface area contributed by atoms with Crippen molar-refractivity contribution in [2.45, 2.75) is 6.92 Å². The number of rotatable bonds is 3. The van der Waals surface area contributed by atoms with E-state index in [0.717, 1.165) is 5.56 Å². The van der Waals surface area contributed by atoms with Gasteiger partial charge < -0.3 is 10.6 Å². The third-order valence-electron chi connectivity index (χ3n) is 1.67. The predicted molar refractivity (Wildman–Crippen MR) is 58.7 cm³/mol. The van der Waals surface area contributed by atoms with E-state index in [1.807, 2.05) is 25.1 Å². The van der Waals surface area contributed by atoms with E-state index in [-0.39, 0.29) is 11.7 Å². The molecular formula is C10H11ClN2O2. The van der Waals surface area contributed by atoms with Crippen molar-refractivity contribution in [2.75, 3.05) is 5.88 Å². The molecule has 5 heteroatoms. The highest BCUT2D eigenvalue weighted by molar-refractivity contribution is 6.26. The number of halogens is 1. The number of hydrogen-bond donors (Lipinski definition) is 1. The third-order valence-corrected chi connectivity index (χ3v) is 1.89. The van der Waals surface area contributed by atoms with Gasteiger partial charge in [-0.2, -0.15) is 0 Å². The Kier molecular flexibility index (Phi) is 4.12. The molecule has 1 aromatic rings. The van der Waals surface area contributed by atoms with Crippen molar-refractivity contribution >= 4 is 23.4 Å². The second-order valence-corrected chi connectivity index (χ2v) is 3.21. The highest BCUT2D eigenvalue weighted by Crippen LogP contribution is 2.03. The average Bonchev–Trinajstić information content (AvgIpc) is 2.25. The zero-order valence-electron chi connectivity index (χ0n) is 8.24. The van der Waals surface area contributed by atoms with Crippen molar-refractivity contribution in [3.8, 4) is 0 Å². The Morgan fingerprint density at radius 2 is 2.33 bits per heavy atom. The van der Waals surface area contributed by atoms with Gasteiger partial charge in [-0.15, -0.1) is 11.6 Å². The van der Waals surface area contributed by atoms with Crippen LogP contribution in [0.1, 0.15) is 11.1 Å². The van der Waals surface area contributed by atoms with Crippen LogP contribution in [0.25, 0.3) is 0 Å². The minimum Gasteiger partial charge on any atom is -0.380 e. The van der Waals surface area contributed by atoms with Gasteiger partial charge in [-0.3, -0.25) is 0 Å². The number of benzene rings is 1. The van der Waals surface area contributed by atoms with Gasteiger partial charge in [-0.25, -0.2) is 4.79 Å². The maximum Gasteiger partial charge on any atom is 0.349 e. The molecular weight excluding hydrogens is 216 g/mol. The molecule has 0 bridgehead atoms. The van der Waals surface area contributed by atoms with Crippen molar-refractivity contribution in [2.24, 2.45) is 10.9 Å². The van der Waals surface area contributed by atoms with Crippen molar-refractivity contribution in [1.29, 1.82) is 0 Å². The van der Waals surface area contributed by atoms with Crippen molar-refractivity contribution < 1.29 is 9.63 Å². The molecule has 0 aromatic heterocycles. The Balaban J connectivity index is 2.75. The molecule has 0 aliphatic heterocycles. The standard InChI is InChI=1S/C10H11ClN2O2/c1-7-3-2-4-8(5-7)10(12)13-15-9(14)6-11/h2-5H,6H2,1H3,(H2,12,13). The summed E-state index contributed by atoms with van der Waals surface area (Å²) in [6, 6.07) is 7.39. The van der Waals surface area contributed by atoms with E-state index in [1.165, 1.54) is 0 Å². The lowest BCUT2D eigenvalue weighted by atomic mass is 10.1. The van der Waals surface area contributed by atoms with Crippen LogP contribution in [-0.4, -0.2) is 17.7 Å². The summed E-state index contributed by atoms with van der Waals surface area (Å²) in [6.07, 6.45) is 0. The van der Waals surface area contributed by atoms with Crippen LogP contribution < -0.4 is 5.73 Å². The number of carbonyl (C=O) groups excluding carboxylic acids is 1. The fourth-order valence-corrected chi connectivity index (χ4v) is 1.03. The third kappa shape index (κ3) is 3.59. The highest BCUT2D eigenvalue weighted by atomic mass is 35.5. The van der Waals surface area contributed by atoms with Gasteiger partial charge in [0.05, 0.1) is 0 Å². The first kappa shape index (κ1) is 11.5. The first-order valence-electron chi connectivity index (χ1n) is 4.30. The molecule has 1 aromatic carbocycles. The SMILES string of the molecule is Cc1cccc(/C(N)=N/OC(=O)CCl)c1. The van der Waals surface area contributed by atoms with E-state index in [1.54, 1.807) is 6.07 Å². The van der Waals surface area contributed by atoms with E-state index in [2.05, 4.69) is 9.99 Å². The molecule has 0 radical (unpaired) electrons. The predicted octanol–water partition coefficient (Wildman–Crippen LogP) is 1.40. The number of nitrogens with two attached hydrogens (primary N) is 1. The Bertz CT molecular complexity index is 391. The molecule has 80 valence electrons. The van der Waals surface area contributed by atoms with Crippen LogP contribution in [0.15, 0.2) is 29.4 Å². The van der Waals surface area contributed by atoms with Crippen LogP contribution in [0.3, 0.4) is 0 Å². The molecule has 2 N–H and O–H groups in total. The minimum atomic E-state index is -0.632. The lowest BCUT2D eigenvalue weighted by Gasteiger charge is -2.00. The quantitative estimate of drug-likeness (QED) is 0.279. The summed E-state index contributed by atoms with van der Waals surface area (Å²) in [5, 5.41) is 3.47. The summed E-state index contributed by atoms with van der Waals surface area (Å²) in [4.78, 5) is 15.1. The van der Waals surface area contributed by atoms with Gasteiger partial charge in [0.2, 0.25) is 0 Å². The molecule has 0 heterocycles. The van der Waals surface area contributed by atoms with E-state index in [4.69, 9.17) is 17.3 Å². The molecule has 0 saturated heterocycles. The molecule has 0 amide bonds.